The highest BCUT2D eigenvalue weighted by atomic mass is 35.5. The first-order chi connectivity index (χ1) is 6.20. The van der Waals surface area contributed by atoms with Gasteiger partial charge in [-0.15, -0.1) is 21.8 Å². The molecular formula is C9H16ClN3. The van der Waals surface area contributed by atoms with E-state index < -0.39 is 0 Å². The molecule has 1 aromatic heterocycles. The molecule has 0 saturated carbocycles. The molecule has 0 aromatic carbocycles. The summed E-state index contributed by atoms with van der Waals surface area (Å²) in [7, 11) is 0. The van der Waals surface area contributed by atoms with E-state index in [1.807, 2.05) is 0 Å². The van der Waals surface area contributed by atoms with Gasteiger partial charge in [0.2, 0.25) is 0 Å². The first-order valence-corrected chi connectivity index (χ1v) is 5.22. The molecule has 0 saturated heterocycles. The fourth-order valence-corrected chi connectivity index (χ4v) is 1.54. The van der Waals surface area contributed by atoms with Crippen molar-refractivity contribution in [3.8, 4) is 0 Å². The fraction of sp³-hybridized carbons (Fsp3) is 0.778. The quantitative estimate of drug-likeness (QED) is 0.701. The monoisotopic (exact) mass is 201 g/mol. The first kappa shape index (κ1) is 10.5. The topological polar surface area (TPSA) is 30.7 Å². The number of hydrogen-bond acceptors (Lipinski definition) is 2. The predicted octanol–water partition coefficient (Wildman–Crippen LogP) is 2.55. The Morgan fingerprint density at radius 3 is 2.54 bits per heavy atom. The van der Waals surface area contributed by atoms with Crippen LogP contribution in [0.15, 0.2) is 0 Å². The van der Waals surface area contributed by atoms with Gasteiger partial charge in [0, 0.05) is 12.5 Å². The number of hydrogen-bond donors (Lipinski definition) is 0. The van der Waals surface area contributed by atoms with Crippen molar-refractivity contribution in [1.29, 1.82) is 0 Å². The van der Waals surface area contributed by atoms with Gasteiger partial charge in [-0.1, -0.05) is 20.8 Å². The van der Waals surface area contributed by atoms with Gasteiger partial charge in [0.25, 0.3) is 0 Å². The molecule has 0 aliphatic rings. The molecule has 0 aliphatic heterocycles. The average Bonchev–Trinajstić information content (AvgIpc) is 2.48. The summed E-state index contributed by atoms with van der Waals surface area (Å²) in [5.41, 5.74) is 0. The molecule has 0 N–H and O–H groups in total. The molecule has 0 amide bonds. The van der Waals surface area contributed by atoms with Gasteiger partial charge in [-0.2, -0.15) is 0 Å². The zero-order valence-electron chi connectivity index (χ0n) is 8.42. The van der Waals surface area contributed by atoms with E-state index in [1.165, 1.54) is 0 Å². The van der Waals surface area contributed by atoms with E-state index in [1.54, 1.807) is 0 Å². The zero-order valence-corrected chi connectivity index (χ0v) is 9.17. The van der Waals surface area contributed by atoms with Crippen LogP contribution in [-0.2, 0) is 12.4 Å². The van der Waals surface area contributed by atoms with Crippen LogP contribution in [0.1, 0.15) is 44.8 Å². The highest BCUT2D eigenvalue weighted by Gasteiger charge is 2.12. The number of rotatable bonds is 4. The van der Waals surface area contributed by atoms with Crippen LogP contribution in [0.5, 0.6) is 0 Å². The predicted molar refractivity (Wildman–Crippen MR) is 54.0 cm³/mol. The number of halogens is 1. The molecule has 4 heteroatoms. The van der Waals surface area contributed by atoms with Crippen LogP contribution in [-0.4, -0.2) is 14.8 Å². The fourth-order valence-electron chi connectivity index (χ4n) is 1.34. The molecule has 0 atom stereocenters. The lowest BCUT2D eigenvalue weighted by Crippen LogP contribution is -2.07. The smallest absolute Gasteiger partial charge is 0.147 e. The Morgan fingerprint density at radius 2 is 2.08 bits per heavy atom. The molecule has 0 aliphatic carbocycles. The van der Waals surface area contributed by atoms with Crippen LogP contribution < -0.4 is 0 Å². The van der Waals surface area contributed by atoms with Crippen molar-refractivity contribution >= 4 is 11.6 Å². The average molecular weight is 202 g/mol. The van der Waals surface area contributed by atoms with Crippen LogP contribution in [0.4, 0.5) is 0 Å². The molecule has 0 unspecified atom stereocenters. The van der Waals surface area contributed by atoms with Gasteiger partial charge < -0.3 is 4.57 Å². The second-order valence-corrected chi connectivity index (χ2v) is 3.68. The van der Waals surface area contributed by atoms with E-state index in [0.29, 0.717) is 11.8 Å². The van der Waals surface area contributed by atoms with Gasteiger partial charge in [0.15, 0.2) is 0 Å². The Hall–Kier alpha value is -0.570. The third-order valence-corrected chi connectivity index (χ3v) is 2.18. The third kappa shape index (κ3) is 2.21. The number of nitrogens with zero attached hydrogens (tertiary/aromatic N) is 3. The van der Waals surface area contributed by atoms with Crippen molar-refractivity contribution in [2.24, 2.45) is 0 Å². The number of alkyl halides is 1. The maximum atomic E-state index is 5.76. The Balaban J connectivity index is 2.99. The van der Waals surface area contributed by atoms with Gasteiger partial charge in [-0.3, -0.25) is 0 Å². The maximum Gasteiger partial charge on any atom is 0.147 e. The van der Waals surface area contributed by atoms with Crippen LogP contribution in [0, 0.1) is 0 Å². The minimum atomic E-state index is 0.413. The normalized spacial score (nSPS) is 11.2. The summed E-state index contributed by atoms with van der Waals surface area (Å²) in [5.74, 6) is 2.78. The van der Waals surface area contributed by atoms with Crippen molar-refractivity contribution < 1.29 is 0 Å². The summed E-state index contributed by atoms with van der Waals surface area (Å²) in [6, 6.07) is 0. The Labute approximate surface area is 84.1 Å². The SMILES string of the molecule is CCCn1c(CCl)nnc1C(C)C. The van der Waals surface area contributed by atoms with Gasteiger partial charge in [-0.25, -0.2) is 0 Å². The van der Waals surface area contributed by atoms with Crippen LogP contribution in [0.25, 0.3) is 0 Å². The Morgan fingerprint density at radius 1 is 1.38 bits per heavy atom. The standard InChI is InChI=1S/C9H16ClN3/c1-4-5-13-8(6-10)11-12-9(13)7(2)3/h7H,4-6H2,1-3H3. The summed E-state index contributed by atoms with van der Waals surface area (Å²) >= 11 is 5.76. The van der Waals surface area contributed by atoms with E-state index in [9.17, 15) is 0 Å². The van der Waals surface area contributed by atoms with E-state index in [-0.39, 0.29) is 0 Å². The van der Waals surface area contributed by atoms with Gasteiger partial charge in [0.05, 0.1) is 5.88 Å². The number of aromatic nitrogens is 3. The zero-order chi connectivity index (χ0) is 9.84. The van der Waals surface area contributed by atoms with Crippen molar-refractivity contribution in [1.82, 2.24) is 14.8 Å². The summed E-state index contributed by atoms with van der Waals surface area (Å²) in [4.78, 5) is 0. The minimum absolute atomic E-state index is 0.413. The van der Waals surface area contributed by atoms with Crippen LogP contribution >= 0.6 is 11.6 Å². The molecule has 13 heavy (non-hydrogen) atoms. The summed E-state index contributed by atoms with van der Waals surface area (Å²) in [6.45, 7) is 7.34. The minimum Gasteiger partial charge on any atom is -0.314 e. The molecule has 3 nitrogen and oxygen atoms in total. The van der Waals surface area contributed by atoms with E-state index in [0.717, 1.165) is 24.6 Å². The molecular weight excluding hydrogens is 186 g/mol. The molecule has 0 bridgehead atoms. The van der Waals surface area contributed by atoms with E-state index >= 15 is 0 Å². The highest BCUT2D eigenvalue weighted by Crippen LogP contribution is 2.14. The molecule has 0 radical (unpaired) electrons. The highest BCUT2D eigenvalue weighted by molar-refractivity contribution is 6.16. The lowest BCUT2D eigenvalue weighted by atomic mass is 10.2. The summed E-state index contributed by atoms with van der Waals surface area (Å²) in [5, 5.41) is 8.19. The summed E-state index contributed by atoms with van der Waals surface area (Å²) in [6.07, 6.45) is 1.08. The lowest BCUT2D eigenvalue weighted by molar-refractivity contribution is 0.595. The third-order valence-electron chi connectivity index (χ3n) is 1.94. The molecule has 1 aromatic rings. The van der Waals surface area contributed by atoms with Gasteiger partial charge >= 0.3 is 0 Å². The summed E-state index contributed by atoms with van der Waals surface area (Å²) < 4.78 is 2.12. The molecule has 0 spiro atoms. The van der Waals surface area contributed by atoms with Crippen LogP contribution in [0.3, 0.4) is 0 Å². The molecule has 1 heterocycles. The van der Waals surface area contributed by atoms with Crippen molar-refractivity contribution in [3.05, 3.63) is 11.6 Å². The van der Waals surface area contributed by atoms with Gasteiger partial charge in [0.1, 0.15) is 11.6 Å². The van der Waals surface area contributed by atoms with Crippen molar-refractivity contribution in [3.63, 3.8) is 0 Å². The second kappa shape index (κ2) is 4.61. The van der Waals surface area contributed by atoms with Crippen LogP contribution in [0.2, 0.25) is 0 Å². The van der Waals surface area contributed by atoms with Crippen molar-refractivity contribution in [2.75, 3.05) is 0 Å². The molecule has 0 fully saturated rings. The second-order valence-electron chi connectivity index (χ2n) is 3.41. The Kier molecular flexibility index (Phi) is 3.72. The van der Waals surface area contributed by atoms with E-state index in [2.05, 4.69) is 35.5 Å². The van der Waals surface area contributed by atoms with E-state index in [4.69, 9.17) is 11.6 Å². The van der Waals surface area contributed by atoms with Crippen molar-refractivity contribution in [2.45, 2.75) is 45.5 Å². The lowest BCUT2D eigenvalue weighted by Gasteiger charge is -2.09. The first-order valence-electron chi connectivity index (χ1n) is 4.68. The largest absolute Gasteiger partial charge is 0.314 e. The van der Waals surface area contributed by atoms with Gasteiger partial charge in [-0.05, 0) is 6.42 Å². The molecule has 74 valence electrons. The maximum absolute atomic E-state index is 5.76. The molecule has 1 rings (SSSR count). The Bertz CT molecular complexity index is 268.